The molecule has 4 rings (SSSR count). The van der Waals surface area contributed by atoms with Gasteiger partial charge in [0, 0.05) is 38.5 Å². The molecule has 0 atom stereocenters. The number of sulfonamides is 1. The van der Waals surface area contributed by atoms with Gasteiger partial charge < -0.3 is 9.47 Å². The van der Waals surface area contributed by atoms with Crippen LogP contribution in [0.2, 0.25) is 0 Å². The minimum absolute atomic E-state index is 0.0699. The fourth-order valence-corrected chi connectivity index (χ4v) is 5.67. The quantitative estimate of drug-likeness (QED) is 0.699. The number of carbonyl (C=O) groups is 1. The molecule has 31 heavy (non-hydrogen) atoms. The Morgan fingerprint density at radius 3 is 2.42 bits per heavy atom. The Labute approximate surface area is 182 Å². The molecule has 0 spiro atoms. The Bertz CT molecular complexity index is 1040. The zero-order valence-corrected chi connectivity index (χ0v) is 18.7. The molecule has 8 nitrogen and oxygen atoms in total. The van der Waals surface area contributed by atoms with Crippen molar-refractivity contribution in [2.75, 3.05) is 19.6 Å². The molecular formula is C21H28FN5O3S. The average Bonchev–Trinajstić information content (AvgIpc) is 3.17. The maximum Gasteiger partial charge on any atom is 0.243 e. The fourth-order valence-electron chi connectivity index (χ4n) is 4.29. The number of benzene rings is 1. The maximum atomic E-state index is 13.2. The molecule has 2 aromatic rings. The summed E-state index contributed by atoms with van der Waals surface area (Å²) in [6.45, 7) is 6.44. The van der Waals surface area contributed by atoms with Gasteiger partial charge in [0.25, 0.3) is 0 Å². The van der Waals surface area contributed by atoms with Gasteiger partial charge in [-0.25, -0.2) is 12.8 Å². The Hall–Kier alpha value is -2.33. The largest absolute Gasteiger partial charge is 0.343 e. The summed E-state index contributed by atoms with van der Waals surface area (Å²) in [7, 11) is -3.72. The van der Waals surface area contributed by atoms with E-state index in [1.807, 2.05) is 23.3 Å². The van der Waals surface area contributed by atoms with Crippen molar-refractivity contribution in [1.29, 1.82) is 0 Å². The van der Waals surface area contributed by atoms with Crippen LogP contribution in [0.4, 0.5) is 4.39 Å². The number of hydrogen-bond acceptors (Lipinski definition) is 5. The number of amides is 1. The Balaban J connectivity index is 1.43. The molecule has 3 heterocycles. The lowest BCUT2D eigenvalue weighted by Gasteiger charge is -2.33. The van der Waals surface area contributed by atoms with Gasteiger partial charge >= 0.3 is 0 Å². The zero-order valence-electron chi connectivity index (χ0n) is 17.9. The van der Waals surface area contributed by atoms with Crippen molar-refractivity contribution in [1.82, 2.24) is 24.0 Å². The molecule has 1 amide bonds. The van der Waals surface area contributed by atoms with Crippen LogP contribution >= 0.6 is 0 Å². The molecule has 1 aromatic heterocycles. The number of fused-ring (bicyclic) bond motifs is 1. The molecule has 0 aliphatic carbocycles. The van der Waals surface area contributed by atoms with Crippen LogP contribution in [0.1, 0.15) is 50.7 Å². The monoisotopic (exact) mass is 449 g/mol. The number of carbonyl (C=O) groups excluding carboxylic acids is 1. The molecular weight excluding hydrogens is 421 g/mol. The number of likely N-dealkylation sites (tertiary alicyclic amines) is 1. The molecule has 168 valence electrons. The van der Waals surface area contributed by atoms with E-state index in [1.54, 1.807) is 0 Å². The van der Waals surface area contributed by atoms with Gasteiger partial charge in [0.2, 0.25) is 15.9 Å². The lowest BCUT2D eigenvalue weighted by Crippen LogP contribution is -2.40. The Morgan fingerprint density at radius 1 is 1.10 bits per heavy atom. The summed E-state index contributed by atoms with van der Waals surface area (Å²) in [4.78, 5) is 14.3. The van der Waals surface area contributed by atoms with Crippen molar-refractivity contribution in [3.05, 3.63) is 41.7 Å². The normalized spacial score (nSPS) is 18.4. The molecule has 0 unspecified atom stereocenters. The molecule has 10 heteroatoms. The van der Waals surface area contributed by atoms with Crippen LogP contribution < -0.4 is 0 Å². The highest BCUT2D eigenvalue weighted by atomic mass is 32.2. The summed E-state index contributed by atoms with van der Waals surface area (Å²) in [5.41, 5.74) is 0. The minimum atomic E-state index is -3.72. The Kier molecular flexibility index (Phi) is 6.11. The van der Waals surface area contributed by atoms with E-state index < -0.39 is 15.8 Å². The van der Waals surface area contributed by atoms with E-state index in [-0.39, 0.29) is 23.3 Å². The summed E-state index contributed by atoms with van der Waals surface area (Å²) in [5, 5.41) is 8.64. The highest BCUT2D eigenvalue weighted by Crippen LogP contribution is 2.30. The van der Waals surface area contributed by atoms with Crippen molar-refractivity contribution in [3.8, 4) is 0 Å². The first kappa shape index (κ1) is 21.9. The second-order valence-corrected chi connectivity index (χ2v) is 10.6. The first-order valence-electron chi connectivity index (χ1n) is 10.7. The highest BCUT2D eigenvalue weighted by Gasteiger charge is 2.33. The van der Waals surface area contributed by atoms with Crippen LogP contribution in [0, 0.1) is 11.7 Å². The molecule has 0 radical (unpaired) electrons. The molecule has 1 saturated heterocycles. The van der Waals surface area contributed by atoms with Crippen LogP contribution in [0.5, 0.6) is 0 Å². The van der Waals surface area contributed by atoms with Crippen LogP contribution in [-0.4, -0.2) is 57.9 Å². The summed E-state index contributed by atoms with van der Waals surface area (Å²) >= 11 is 0. The molecule has 1 fully saturated rings. The highest BCUT2D eigenvalue weighted by molar-refractivity contribution is 7.89. The van der Waals surface area contributed by atoms with E-state index in [4.69, 9.17) is 0 Å². The first-order valence-corrected chi connectivity index (χ1v) is 12.1. The van der Waals surface area contributed by atoms with Gasteiger partial charge in [0.1, 0.15) is 17.5 Å². The van der Waals surface area contributed by atoms with Gasteiger partial charge in [0.05, 0.1) is 11.4 Å². The predicted molar refractivity (Wildman–Crippen MR) is 112 cm³/mol. The van der Waals surface area contributed by atoms with E-state index >= 15 is 0 Å². The van der Waals surface area contributed by atoms with Gasteiger partial charge in [0.15, 0.2) is 0 Å². The third-order valence-corrected chi connectivity index (χ3v) is 7.85. The van der Waals surface area contributed by atoms with E-state index in [2.05, 4.69) is 10.2 Å². The van der Waals surface area contributed by atoms with Crippen LogP contribution in [0.25, 0.3) is 0 Å². The maximum absolute atomic E-state index is 13.2. The molecule has 0 saturated carbocycles. The minimum Gasteiger partial charge on any atom is -0.343 e. The van der Waals surface area contributed by atoms with E-state index in [1.165, 1.54) is 16.4 Å². The van der Waals surface area contributed by atoms with Crippen LogP contribution in [-0.2, 0) is 27.9 Å². The van der Waals surface area contributed by atoms with Gasteiger partial charge in [-0.1, -0.05) is 13.8 Å². The molecule has 2 aliphatic heterocycles. The molecule has 0 bridgehead atoms. The van der Waals surface area contributed by atoms with Gasteiger partial charge in [-0.05, 0) is 43.0 Å². The van der Waals surface area contributed by atoms with Crippen molar-refractivity contribution < 1.29 is 17.6 Å². The van der Waals surface area contributed by atoms with Gasteiger partial charge in [-0.15, -0.1) is 10.2 Å². The van der Waals surface area contributed by atoms with Gasteiger partial charge in [-0.2, -0.15) is 4.31 Å². The van der Waals surface area contributed by atoms with Crippen molar-refractivity contribution in [2.24, 2.45) is 5.92 Å². The second-order valence-electron chi connectivity index (χ2n) is 8.67. The number of aromatic nitrogens is 3. The number of hydrogen-bond donors (Lipinski definition) is 0. The van der Waals surface area contributed by atoms with Gasteiger partial charge in [-0.3, -0.25) is 4.79 Å². The summed E-state index contributed by atoms with van der Waals surface area (Å²) in [6.07, 6.45) is 2.24. The third-order valence-electron chi connectivity index (χ3n) is 5.99. The van der Waals surface area contributed by atoms with E-state index in [9.17, 15) is 17.6 Å². The zero-order chi connectivity index (χ0) is 22.2. The number of nitrogens with zero attached hydrogens (tertiary/aromatic N) is 5. The smallest absolute Gasteiger partial charge is 0.243 e. The SMILES string of the molecule is CC(C)CC(=O)N1CCC(c2nnc3n2CCN(S(=O)(=O)c2ccc(F)cc2)C3)CC1. The predicted octanol–water partition coefficient (Wildman–Crippen LogP) is 2.37. The summed E-state index contributed by atoms with van der Waals surface area (Å²) in [6, 6.07) is 4.86. The average molecular weight is 450 g/mol. The number of piperidine rings is 1. The summed E-state index contributed by atoms with van der Waals surface area (Å²) in [5.74, 6) is 1.79. The fraction of sp³-hybridized carbons (Fsp3) is 0.571. The lowest BCUT2D eigenvalue weighted by atomic mass is 9.95. The van der Waals surface area contributed by atoms with Crippen molar-refractivity contribution in [3.63, 3.8) is 0 Å². The lowest BCUT2D eigenvalue weighted by molar-refractivity contribution is -0.133. The van der Waals surface area contributed by atoms with E-state index in [0.717, 1.165) is 30.8 Å². The Morgan fingerprint density at radius 2 is 1.77 bits per heavy atom. The number of halogens is 1. The molecule has 2 aliphatic rings. The van der Waals surface area contributed by atoms with Crippen LogP contribution in [0.15, 0.2) is 29.2 Å². The molecule has 0 N–H and O–H groups in total. The number of rotatable bonds is 5. The van der Waals surface area contributed by atoms with Crippen molar-refractivity contribution >= 4 is 15.9 Å². The standard InChI is InChI=1S/C21H28FN5O3S/c1-15(2)13-20(28)25-9-7-16(8-10-25)21-24-23-19-14-26(11-12-27(19)21)31(29,30)18-5-3-17(22)4-6-18/h3-6,15-16H,7-14H2,1-2H3. The second kappa shape index (κ2) is 8.66. The summed E-state index contributed by atoms with van der Waals surface area (Å²) < 4.78 is 42.4. The van der Waals surface area contributed by atoms with Crippen molar-refractivity contribution in [2.45, 2.75) is 57.0 Å². The third kappa shape index (κ3) is 4.50. The first-order chi connectivity index (χ1) is 14.8. The van der Waals surface area contributed by atoms with Crippen LogP contribution in [0.3, 0.4) is 0 Å². The van der Waals surface area contributed by atoms with E-state index in [0.29, 0.717) is 44.3 Å². The topological polar surface area (TPSA) is 88.4 Å². The molecule has 1 aromatic carbocycles.